The van der Waals surface area contributed by atoms with Crippen LogP contribution in [0.25, 0.3) is 0 Å². The van der Waals surface area contributed by atoms with Gasteiger partial charge in [-0.3, -0.25) is 4.90 Å². The second kappa shape index (κ2) is 13.0. The van der Waals surface area contributed by atoms with Crippen LogP contribution in [-0.2, 0) is 11.3 Å². The molecule has 0 spiro atoms. The molecule has 28 heavy (non-hydrogen) atoms. The number of guanidine groups is 1. The maximum Gasteiger partial charge on any atom is 0.422 e. The normalized spacial score (nSPS) is 15.6. The number of nitrogens with one attached hydrogen (secondary N) is 2. The van der Waals surface area contributed by atoms with Gasteiger partial charge in [-0.05, 0) is 24.6 Å². The van der Waals surface area contributed by atoms with Crippen molar-refractivity contribution < 1.29 is 22.6 Å². The first kappa shape index (κ1) is 24.8. The molecule has 0 saturated carbocycles. The van der Waals surface area contributed by atoms with Crippen LogP contribution in [0, 0.1) is 0 Å². The van der Waals surface area contributed by atoms with Crippen molar-refractivity contribution in [2.45, 2.75) is 19.6 Å². The fourth-order valence-corrected chi connectivity index (χ4v) is 2.57. The van der Waals surface area contributed by atoms with Crippen molar-refractivity contribution in [3.63, 3.8) is 0 Å². The predicted octanol–water partition coefficient (Wildman–Crippen LogP) is 2.63. The molecule has 2 rings (SSSR count). The molecule has 1 aliphatic rings. The van der Waals surface area contributed by atoms with E-state index in [0.717, 1.165) is 51.5 Å². The minimum Gasteiger partial charge on any atom is -0.484 e. The molecule has 2 N–H and O–H groups in total. The fraction of sp³-hybridized carbons (Fsp3) is 0.611. The lowest BCUT2D eigenvalue weighted by molar-refractivity contribution is -0.153. The van der Waals surface area contributed by atoms with Gasteiger partial charge in [-0.1, -0.05) is 12.1 Å². The van der Waals surface area contributed by atoms with E-state index in [-0.39, 0.29) is 29.7 Å². The van der Waals surface area contributed by atoms with Gasteiger partial charge in [0.25, 0.3) is 0 Å². The van der Waals surface area contributed by atoms with Gasteiger partial charge in [0.15, 0.2) is 12.6 Å². The van der Waals surface area contributed by atoms with E-state index in [0.29, 0.717) is 12.5 Å². The van der Waals surface area contributed by atoms with Crippen molar-refractivity contribution in [1.29, 1.82) is 0 Å². The molecule has 160 valence electrons. The van der Waals surface area contributed by atoms with Gasteiger partial charge in [0.1, 0.15) is 5.75 Å². The van der Waals surface area contributed by atoms with Gasteiger partial charge in [-0.25, -0.2) is 4.99 Å². The SMILES string of the molecule is CCNC(=NCc1cccc(OCC(F)(F)F)c1)NCCN1CCOCC1.I. The zero-order valence-electron chi connectivity index (χ0n) is 15.9. The average molecular weight is 516 g/mol. The highest BCUT2D eigenvalue weighted by Gasteiger charge is 2.28. The van der Waals surface area contributed by atoms with Crippen molar-refractivity contribution in [2.75, 3.05) is 52.5 Å². The first-order chi connectivity index (χ1) is 13.0. The van der Waals surface area contributed by atoms with Crippen LogP contribution >= 0.6 is 24.0 Å². The maximum atomic E-state index is 12.3. The Balaban J connectivity index is 0.00000392. The molecular weight excluding hydrogens is 488 g/mol. The topological polar surface area (TPSA) is 58.1 Å². The molecule has 1 aliphatic heterocycles. The van der Waals surface area contributed by atoms with Crippen LogP contribution in [0.3, 0.4) is 0 Å². The number of hydrogen-bond acceptors (Lipinski definition) is 4. The highest BCUT2D eigenvalue weighted by Crippen LogP contribution is 2.19. The fourth-order valence-electron chi connectivity index (χ4n) is 2.57. The third-order valence-corrected chi connectivity index (χ3v) is 3.89. The summed E-state index contributed by atoms with van der Waals surface area (Å²) in [5.41, 5.74) is 0.778. The van der Waals surface area contributed by atoms with E-state index < -0.39 is 12.8 Å². The average Bonchev–Trinajstić information content (AvgIpc) is 2.65. The standard InChI is InChI=1S/C18H27F3N4O2.HI/c1-2-22-17(23-6-7-25-8-10-26-11-9-25)24-13-15-4-3-5-16(12-15)27-14-18(19,20)21;/h3-5,12H,2,6-11,13-14H2,1H3,(H2,22,23,24);1H. The Morgan fingerprint density at radius 1 is 1.25 bits per heavy atom. The lowest BCUT2D eigenvalue weighted by Crippen LogP contribution is -2.44. The van der Waals surface area contributed by atoms with Crippen LogP contribution in [0.5, 0.6) is 5.75 Å². The summed E-state index contributed by atoms with van der Waals surface area (Å²) in [6.07, 6.45) is -4.35. The molecule has 1 heterocycles. The van der Waals surface area contributed by atoms with Crippen LogP contribution in [-0.4, -0.2) is 69.6 Å². The Labute approximate surface area is 180 Å². The molecule has 1 aromatic carbocycles. The Morgan fingerprint density at radius 3 is 2.68 bits per heavy atom. The number of hydrogen-bond donors (Lipinski definition) is 2. The third-order valence-electron chi connectivity index (χ3n) is 3.89. The monoisotopic (exact) mass is 516 g/mol. The van der Waals surface area contributed by atoms with Crippen LogP contribution in [0.1, 0.15) is 12.5 Å². The number of rotatable bonds is 8. The zero-order valence-corrected chi connectivity index (χ0v) is 18.3. The van der Waals surface area contributed by atoms with Crippen molar-refractivity contribution in [2.24, 2.45) is 4.99 Å². The van der Waals surface area contributed by atoms with Crippen LogP contribution in [0.4, 0.5) is 13.2 Å². The molecule has 0 amide bonds. The molecule has 6 nitrogen and oxygen atoms in total. The minimum atomic E-state index is -4.35. The first-order valence-electron chi connectivity index (χ1n) is 9.07. The van der Waals surface area contributed by atoms with Crippen molar-refractivity contribution in [3.05, 3.63) is 29.8 Å². The molecule has 0 aliphatic carbocycles. The highest BCUT2D eigenvalue weighted by atomic mass is 127. The second-order valence-electron chi connectivity index (χ2n) is 6.13. The number of nitrogens with zero attached hydrogens (tertiary/aromatic N) is 2. The highest BCUT2D eigenvalue weighted by molar-refractivity contribution is 14.0. The van der Waals surface area contributed by atoms with Gasteiger partial charge in [0.2, 0.25) is 0 Å². The Bertz CT molecular complexity index is 596. The van der Waals surface area contributed by atoms with Crippen molar-refractivity contribution in [3.8, 4) is 5.75 Å². The van der Waals surface area contributed by atoms with Gasteiger partial charge in [-0.15, -0.1) is 24.0 Å². The van der Waals surface area contributed by atoms with Crippen LogP contribution in [0.2, 0.25) is 0 Å². The summed E-state index contributed by atoms with van der Waals surface area (Å²) >= 11 is 0. The Kier molecular flexibility index (Phi) is 11.5. The zero-order chi connectivity index (χ0) is 19.5. The first-order valence-corrected chi connectivity index (χ1v) is 9.07. The van der Waals surface area contributed by atoms with E-state index in [1.807, 2.05) is 6.92 Å². The largest absolute Gasteiger partial charge is 0.484 e. The number of halogens is 4. The smallest absolute Gasteiger partial charge is 0.422 e. The summed E-state index contributed by atoms with van der Waals surface area (Å²) in [7, 11) is 0. The number of aliphatic imine (C=N–C) groups is 1. The summed E-state index contributed by atoms with van der Waals surface area (Å²) in [4.78, 5) is 6.81. The summed E-state index contributed by atoms with van der Waals surface area (Å²) in [5, 5.41) is 6.44. The Hall–Kier alpha value is -1.27. The summed E-state index contributed by atoms with van der Waals surface area (Å²) < 4.78 is 46.9. The molecule has 0 bridgehead atoms. The third kappa shape index (κ3) is 10.3. The van der Waals surface area contributed by atoms with Crippen LogP contribution in [0.15, 0.2) is 29.3 Å². The van der Waals surface area contributed by atoms with E-state index in [9.17, 15) is 13.2 Å². The van der Waals surface area contributed by atoms with E-state index in [2.05, 4.69) is 20.5 Å². The van der Waals surface area contributed by atoms with Gasteiger partial charge in [0, 0.05) is 32.7 Å². The van der Waals surface area contributed by atoms with Crippen molar-refractivity contribution in [1.82, 2.24) is 15.5 Å². The molecular formula is C18H28F3IN4O2. The molecule has 0 radical (unpaired) electrons. The number of alkyl halides is 3. The number of morpholine rings is 1. The maximum absolute atomic E-state index is 12.3. The van der Waals surface area contributed by atoms with E-state index in [4.69, 9.17) is 9.47 Å². The van der Waals surface area contributed by atoms with Gasteiger partial charge in [0.05, 0.1) is 19.8 Å². The van der Waals surface area contributed by atoms with E-state index >= 15 is 0 Å². The summed E-state index contributed by atoms with van der Waals surface area (Å²) in [6.45, 7) is 6.78. The lowest BCUT2D eigenvalue weighted by atomic mass is 10.2. The predicted molar refractivity (Wildman–Crippen MR) is 113 cm³/mol. The summed E-state index contributed by atoms with van der Waals surface area (Å²) in [6, 6.07) is 6.55. The van der Waals surface area contributed by atoms with Crippen LogP contribution < -0.4 is 15.4 Å². The molecule has 1 aromatic rings. The molecule has 0 aromatic heterocycles. The van der Waals surface area contributed by atoms with Gasteiger partial charge >= 0.3 is 6.18 Å². The van der Waals surface area contributed by atoms with Gasteiger partial charge in [-0.2, -0.15) is 13.2 Å². The quantitative estimate of drug-likeness (QED) is 0.316. The molecule has 0 unspecified atom stereocenters. The molecule has 10 heteroatoms. The van der Waals surface area contributed by atoms with Gasteiger partial charge < -0.3 is 20.1 Å². The second-order valence-corrected chi connectivity index (χ2v) is 6.13. The number of benzene rings is 1. The number of ether oxygens (including phenoxy) is 2. The summed E-state index contributed by atoms with van der Waals surface area (Å²) in [5.74, 6) is 0.859. The lowest BCUT2D eigenvalue weighted by Gasteiger charge is -2.26. The minimum absolute atomic E-state index is 0. The molecule has 0 atom stereocenters. The van der Waals surface area contributed by atoms with E-state index in [1.54, 1.807) is 18.2 Å². The Morgan fingerprint density at radius 2 is 2.00 bits per heavy atom. The molecule has 1 saturated heterocycles. The van der Waals surface area contributed by atoms with Crippen molar-refractivity contribution >= 4 is 29.9 Å². The van der Waals surface area contributed by atoms with E-state index in [1.165, 1.54) is 6.07 Å². The molecule has 1 fully saturated rings.